The van der Waals surface area contributed by atoms with Crippen LogP contribution in [-0.4, -0.2) is 45.1 Å². The Kier molecular flexibility index (Phi) is 5.83. The number of aryl methyl sites for hydroxylation is 1. The van der Waals surface area contributed by atoms with Crippen LogP contribution in [0.3, 0.4) is 0 Å². The molecule has 1 saturated heterocycles. The summed E-state index contributed by atoms with van der Waals surface area (Å²) >= 11 is 1.11. The van der Waals surface area contributed by atoms with E-state index < -0.39 is 12.6 Å². The van der Waals surface area contributed by atoms with E-state index in [9.17, 15) is 13.2 Å². The molecule has 1 fully saturated rings. The maximum Gasteiger partial charge on any atom is 0.393 e. The topological polar surface area (TPSA) is 58.9 Å². The van der Waals surface area contributed by atoms with Crippen molar-refractivity contribution in [1.29, 1.82) is 0 Å². The summed E-state index contributed by atoms with van der Waals surface area (Å²) in [6, 6.07) is 2.36. The second kappa shape index (κ2) is 8.62. The second-order valence-electron chi connectivity index (χ2n) is 8.82. The Hall–Kier alpha value is -2.20. The number of hydrogen-bond acceptors (Lipinski definition) is 6. The number of halogens is 3. The highest BCUT2D eigenvalue weighted by atomic mass is 32.1. The average molecular weight is 465 g/mol. The van der Waals surface area contributed by atoms with E-state index in [-0.39, 0.29) is 4.88 Å². The first kappa shape index (κ1) is 21.6. The minimum Gasteiger partial charge on any atom is -0.356 e. The van der Waals surface area contributed by atoms with Crippen molar-refractivity contribution in [3.8, 4) is 0 Å². The molecule has 0 aromatic carbocycles. The van der Waals surface area contributed by atoms with Crippen molar-refractivity contribution in [2.75, 3.05) is 18.0 Å². The molecular weight excluding hydrogens is 437 g/mol. The molecule has 5 rings (SSSR count). The molecule has 2 aliphatic rings. The maximum absolute atomic E-state index is 12.9. The van der Waals surface area contributed by atoms with Gasteiger partial charge in [-0.25, -0.2) is 9.97 Å². The van der Waals surface area contributed by atoms with E-state index in [4.69, 9.17) is 0 Å². The summed E-state index contributed by atoms with van der Waals surface area (Å²) in [6.45, 7) is 1.67. The number of aromatic nitrogens is 4. The van der Waals surface area contributed by atoms with E-state index in [0.717, 1.165) is 67.7 Å². The third kappa shape index (κ3) is 4.47. The van der Waals surface area contributed by atoms with Crippen molar-refractivity contribution in [3.63, 3.8) is 0 Å². The lowest BCUT2D eigenvalue weighted by atomic mass is 9.92. The molecule has 4 heterocycles. The van der Waals surface area contributed by atoms with E-state index in [1.54, 1.807) is 6.07 Å². The molecule has 10 heteroatoms. The normalized spacial score (nSPS) is 22.2. The lowest BCUT2D eigenvalue weighted by molar-refractivity contribution is -0.126. The fourth-order valence-electron chi connectivity index (χ4n) is 5.07. The molecule has 1 aliphatic carbocycles. The SMILES string of the molecule is Cn1ncc2c1CCC[C@H]2N[C@H]1CCCN(c2ncnc3sc(CC(F)(F)F)cc23)CC1. The van der Waals surface area contributed by atoms with Crippen LogP contribution in [0.25, 0.3) is 10.2 Å². The average Bonchev–Trinajstić information content (AvgIpc) is 3.23. The number of nitrogens with zero attached hydrogens (tertiary/aromatic N) is 5. The van der Waals surface area contributed by atoms with Crippen LogP contribution in [0.15, 0.2) is 18.6 Å². The summed E-state index contributed by atoms with van der Waals surface area (Å²) in [4.78, 5) is 11.8. The Labute approximate surface area is 188 Å². The van der Waals surface area contributed by atoms with Gasteiger partial charge >= 0.3 is 6.18 Å². The zero-order valence-corrected chi connectivity index (χ0v) is 18.8. The summed E-state index contributed by atoms with van der Waals surface area (Å²) < 4.78 is 40.6. The maximum atomic E-state index is 12.9. The molecule has 0 bridgehead atoms. The molecule has 0 unspecified atom stereocenters. The van der Waals surface area contributed by atoms with Crippen molar-refractivity contribution in [2.24, 2.45) is 7.05 Å². The summed E-state index contributed by atoms with van der Waals surface area (Å²) in [5, 5.41) is 9.05. The minimum absolute atomic E-state index is 0.285. The van der Waals surface area contributed by atoms with Gasteiger partial charge in [-0.1, -0.05) is 0 Å². The van der Waals surface area contributed by atoms with Gasteiger partial charge in [-0.05, 0) is 44.6 Å². The number of fused-ring (bicyclic) bond motifs is 2. The van der Waals surface area contributed by atoms with E-state index in [1.165, 1.54) is 24.0 Å². The Morgan fingerprint density at radius 2 is 2.03 bits per heavy atom. The number of rotatable bonds is 4. The van der Waals surface area contributed by atoms with Gasteiger partial charge in [0, 0.05) is 48.4 Å². The number of nitrogens with one attached hydrogen (secondary N) is 1. The van der Waals surface area contributed by atoms with Gasteiger partial charge in [-0.2, -0.15) is 18.3 Å². The van der Waals surface area contributed by atoms with Crippen LogP contribution in [-0.2, 0) is 19.9 Å². The van der Waals surface area contributed by atoms with E-state index >= 15 is 0 Å². The van der Waals surface area contributed by atoms with Crippen LogP contribution in [0.2, 0.25) is 0 Å². The predicted molar refractivity (Wildman–Crippen MR) is 119 cm³/mol. The fourth-order valence-corrected chi connectivity index (χ4v) is 6.09. The van der Waals surface area contributed by atoms with Gasteiger partial charge in [-0.3, -0.25) is 4.68 Å². The summed E-state index contributed by atoms with van der Waals surface area (Å²) in [7, 11) is 2.01. The largest absolute Gasteiger partial charge is 0.393 e. The van der Waals surface area contributed by atoms with Crippen molar-refractivity contribution >= 4 is 27.4 Å². The van der Waals surface area contributed by atoms with Crippen molar-refractivity contribution < 1.29 is 13.2 Å². The molecule has 0 amide bonds. The Morgan fingerprint density at radius 1 is 1.16 bits per heavy atom. The molecule has 0 spiro atoms. The molecule has 3 aromatic heterocycles. The van der Waals surface area contributed by atoms with Gasteiger partial charge in [0.2, 0.25) is 0 Å². The zero-order chi connectivity index (χ0) is 22.3. The summed E-state index contributed by atoms with van der Waals surface area (Å²) in [5.41, 5.74) is 2.66. The monoisotopic (exact) mass is 464 g/mol. The molecule has 0 saturated carbocycles. The molecule has 6 nitrogen and oxygen atoms in total. The third-order valence-corrected chi connectivity index (χ3v) is 7.62. The number of hydrogen-bond donors (Lipinski definition) is 1. The van der Waals surface area contributed by atoms with Gasteiger partial charge in [0.25, 0.3) is 0 Å². The first-order chi connectivity index (χ1) is 15.4. The smallest absolute Gasteiger partial charge is 0.356 e. The Morgan fingerprint density at radius 3 is 2.88 bits per heavy atom. The van der Waals surface area contributed by atoms with Crippen LogP contribution in [0.4, 0.5) is 19.0 Å². The third-order valence-electron chi connectivity index (χ3n) is 6.57. The molecule has 1 N–H and O–H groups in total. The highest BCUT2D eigenvalue weighted by molar-refractivity contribution is 7.18. The molecule has 1 aliphatic heterocycles. The summed E-state index contributed by atoms with van der Waals surface area (Å²) in [5.74, 6) is 0.757. The standard InChI is InChI=1S/C22H27F3N6S/c1-30-19-6-2-5-18(17(19)12-28-30)29-14-4-3-8-31(9-7-14)20-16-10-15(11-22(23,24)25)32-21(16)27-13-26-20/h10,12-14,18,29H,2-9,11H2,1H3/t14-,18+/m0/s1. The van der Waals surface area contributed by atoms with Gasteiger partial charge in [0.05, 0.1) is 18.0 Å². The molecule has 172 valence electrons. The van der Waals surface area contributed by atoms with Crippen LogP contribution in [0.1, 0.15) is 54.3 Å². The highest BCUT2D eigenvalue weighted by Crippen LogP contribution is 2.35. The molecular formula is C22H27F3N6S. The lowest BCUT2D eigenvalue weighted by Gasteiger charge is -2.28. The molecule has 2 atom stereocenters. The molecule has 3 aromatic rings. The number of anilines is 1. The number of alkyl halides is 3. The fraction of sp³-hybridized carbons (Fsp3) is 0.591. The second-order valence-corrected chi connectivity index (χ2v) is 9.93. The zero-order valence-electron chi connectivity index (χ0n) is 18.0. The minimum atomic E-state index is -4.22. The van der Waals surface area contributed by atoms with E-state index in [1.807, 2.05) is 17.9 Å². The van der Waals surface area contributed by atoms with Crippen LogP contribution in [0, 0.1) is 0 Å². The van der Waals surface area contributed by atoms with Gasteiger partial charge in [-0.15, -0.1) is 11.3 Å². The Bertz CT molecular complexity index is 1090. The van der Waals surface area contributed by atoms with Crippen LogP contribution in [0.5, 0.6) is 0 Å². The lowest BCUT2D eigenvalue weighted by Crippen LogP contribution is -2.35. The van der Waals surface area contributed by atoms with Crippen LogP contribution < -0.4 is 10.2 Å². The van der Waals surface area contributed by atoms with Crippen molar-refractivity contribution in [2.45, 2.75) is 63.2 Å². The van der Waals surface area contributed by atoms with Gasteiger partial charge < -0.3 is 10.2 Å². The summed E-state index contributed by atoms with van der Waals surface area (Å²) in [6.07, 6.45) is 4.76. The van der Waals surface area contributed by atoms with Gasteiger partial charge in [0.1, 0.15) is 17.0 Å². The number of thiophene rings is 1. The molecule has 32 heavy (non-hydrogen) atoms. The van der Waals surface area contributed by atoms with Crippen molar-refractivity contribution in [3.05, 3.63) is 34.7 Å². The van der Waals surface area contributed by atoms with E-state index in [2.05, 4.69) is 25.3 Å². The van der Waals surface area contributed by atoms with E-state index in [0.29, 0.717) is 16.9 Å². The van der Waals surface area contributed by atoms with Crippen molar-refractivity contribution in [1.82, 2.24) is 25.1 Å². The quantitative estimate of drug-likeness (QED) is 0.614. The predicted octanol–water partition coefficient (Wildman–Crippen LogP) is 4.56. The molecule has 0 radical (unpaired) electrons. The first-order valence-electron chi connectivity index (χ1n) is 11.2. The Balaban J connectivity index is 1.29. The van der Waals surface area contributed by atoms with Gasteiger partial charge in [0.15, 0.2) is 0 Å². The highest BCUT2D eigenvalue weighted by Gasteiger charge is 2.30. The van der Waals surface area contributed by atoms with Crippen LogP contribution >= 0.6 is 11.3 Å². The first-order valence-corrected chi connectivity index (χ1v) is 12.0.